The van der Waals surface area contributed by atoms with Gasteiger partial charge in [-0.3, -0.25) is 13.9 Å². The third-order valence-electron chi connectivity index (χ3n) is 6.40. The Balaban J connectivity index is 2.07. The van der Waals surface area contributed by atoms with Crippen molar-refractivity contribution in [2.24, 2.45) is 0 Å². The van der Waals surface area contributed by atoms with E-state index in [1.807, 2.05) is 44.2 Å². The number of hydrogen-bond donors (Lipinski definition) is 1. The Kier molecular flexibility index (Phi) is 11.0. The molecule has 0 aliphatic rings. The number of nitrogens with one attached hydrogen (secondary N) is 1. The van der Waals surface area contributed by atoms with Crippen LogP contribution >= 0.6 is 23.2 Å². The molecule has 7 nitrogen and oxygen atoms in total. The molecule has 3 rings (SSSR count). The number of carbonyl (C=O) groups excluding carboxylic acids is 2. The minimum Gasteiger partial charge on any atom is -0.352 e. The van der Waals surface area contributed by atoms with Gasteiger partial charge in [-0.25, -0.2) is 12.8 Å². The number of rotatable bonds is 12. The monoisotopic (exact) mass is 607 g/mol. The van der Waals surface area contributed by atoms with E-state index in [4.69, 9.17) is 23.2 Å². The lowest BCUT2D eigenvalue weighted by molar-refractivity contribution is -0.140. The van der Waals surface area contributed by atoms with E-state index in [1.54, 1.807) is 0 Å². The van der Waals surface area contributed by atoms with Crippen LogP contribution in [0.1, 0.15) is 31.4 Å². The fourth-order valence-electron chi connectivity index (χ4n) is 4.06. The Bertz CT molecular complexity index is 1420. The van der Waals surface area contributed by atoms with Gasteiger partial charge in [0.15, 0.2) is 0 Å². The Hall–Kier alpha value is -3.14. The van der Waals surface area contributed by atoms with Gasteiger partial charge in [-0.1, -0.05) is 72.6 Å². The Labute approximate surface area is 244 Å². The van der Waals surface area contributed by atoms with Crippen LogP contribution in [-0.4, -0.2) is 50.0 Å². The van der Waals surface area contributed by atoms with E-state index in [9.17, 15) is 22.4 Å². The molecule has 2 atom stereocenters. The average molecular weight is 609 g/mol. The first-order chi connectivity index (χ1) is 18.9. The summed E-state index contributed by atoms with van der Waals surface area (Å²) in [6.45, 7) is 3.11. The maximum atomic E-state index is 14.0. The van der Waals surface area contributed by atoms with Crippen LogP contribution in [0.25, 0.3) is 0 Å². The third kappa shape index (κ3) is 8.68. The van der Waals surface area contributed by atoms with Gasteiger partial charge in [0.05, 0.1) is 17.0 Å². The molecule has 3 aromatic carbocycles. The van der Waals surface area contributed by atoms with Crippen molar-refractivity contribution in [3.05, 3.63) is 99.8 Å². The van der Waals surface area contributed by atoms with Crippen LogP contribution in [0.15, 0.2) is 72.8 Å². The zero-order valence-corrected chi connectivity index (χ0v) is 24.8. The van der Waals surface area contributed by atoms with Gasteiger partial charge in [-0.05, 0) is 54.8 Å². The van der Waals surface area contributed by atoms with Crippen molar-refractivity contribution in [2.75, 3.05) is 17.1 Å². The smallest absolute Gasteiger partial charge is 0.244 e. The normalized spacial score (nSPS) is 12.8. The molecule has 0 saturated carbocycles. The lowest BCUT2D eigenvalue weighted by Crippen LogP contribution is -2.54. The summed E-state index contributed by atoms with van der Waals surface area (Å²) in [4.78, 5) is 29.0. The van der Waals surface area contributed by atoms with Crippen LogP contribution in [0.4, 0.5) is 10.1 Å². The van der Waals surface area contributed by atoms with Crippen molar-refractivity contribution in [2.45, 2.75) is 45.3 Å². The van der Waals surface area contributed by atoms with Crippen LogP contribution < -0.4 is 9.62 Å². The molecule has 2 amide bonds. The second-order valence-corrected chi connectivity index (χ2v) is 12.3. The van der Waals surface area contributed by atoms with E-state index in [1.165, 1.54) is 47.4 Å². The zero-order valence-electron chi connectivity index (χ0n) is 22.5. The molecule has 0 unspecified atom stereocenters. The first-order valence-corrected chi connectivity index (χ1v) is 15.3. The van der Waals surface area contributed by atoms with E-state index in [2.05, 4.69) is 5.32 Å². The van der Waals surface area contributed by atoms with Gasteiger partial charge in [-0.15, -0.1) is 0 Å². The number of nitrogens with zero attached hydrogens (tertiary/aromatic N) is 2. The van der Waals surface area contributed by atoms with Crippen molar-refractivity contribution in [1.82, 2.24) is 10.2 Å². The van der Waals surface area contributed by atoms with E-state index in [-0.39, 0.29) is 35.6 Å². The highest BCUT2D eigenvalue weighted by Crippen LogP contribution is 2.30. The number of halogens is 3. The molecule has 1 N–H and O–H groups in total. The van der Waals surface area contributed by atoms with E-state index in [0.717, 1.165) is 16.1 Å². The predicted octanol–water partition coefficient (Wildman–Crippen LogP) is 5.45. The maximum absolute atomic E-state index is 14.0. The molecule has 40 heavy (non-hydrogen) atoms. The van der Waals surface area contributed by atoms with Crippen molar-refractivity contribution < 1.29 is 22.4 Å². The quantitative estimate of drug-likeness (QED) is 0.296. The first kappa shape index (κ1) is 31.4. The number of anilines is 1. The second-order valence-electron chi connectivity index (χ2n) is 9.54. The maximum Gasteiger partial charge on any atom is 0.244 e. The lowest BCUT2D eigenvalue weighted by Gasteiger charge is -2.34. The molecule has 0 aromatic heterocycles. The van der Waals surface area contributed by atoms with Crippen molar-refractivity contribution in [3.8, 4) is 0 Å². The first-order valence-electron chi connectivity index (χ1n) is 12.7. The lowest BCUT2D eigenvalue weighted by atomic mass is 10.0. The van der Waals surface area contributed by atoms with Crippen molar-refractivity contribution >= 4 is 50.7 Å². The SMILES string of the molecule is CC[C@@H](C)NC(=O)[C@@H](Cc1ccccc1)N(Cc1ccc(F)cc1)C(=O)CN(c1ccc(Cl)cc1Cl)S(C)(=O)=O. The topological polar surface area (TPSA) is 86.8 Å². The van der Waals surface area contributed by atoms with Gasteiger partial charge in [0.2, 0.25) is 21.8 Å². The Morgan fingerprint density at radius 1 is 0.975 bits per heavy atom. The zero-order chi connectivity index (χ0) is 29.4. The molecule has 0 saturated heterocycles. The molecule has 0 radical (unpaired) electrons. The highest BCUT2D eigenvalue weighted by atomic mass is 35.5. The predicted molar refractivity (Wildman–Crippen MR) is 157 cm³/mol. The minimum atomic E-state index is -3.98. The number of sulfonamides is 1. The van der Waals surface area contributed by atoms with E-state index < -0.39 is 34.3 Å². The fourth-order valence-corrected chi connectivity index (χ4v) is 5.48. The largest absolute Gasteiger partial charge is 0.352 e. The van der Waals surface area contributed by atoms with Crippen molar-refractivity contribution in [1.29, 1.82) is 0 Å². The van der Waals surface area contributed by atoms with Gasteiger partial charge in [-0.2, -0.15) is 0 Å². The third-order valence-corrected chi connectivity index (χ3v) is 8.06. The molecule has 0 spiro atoms. The van der Waals surface area contributed by atoms with Gasteiger partial charge >= 0.3 is 0 Å². The van der Waals surface area contributed by atoms with Crippen molar-refractivity contribution in [3.63, 3.8) is 0 Å². The molecule has 0 aliphatic heterocycles. The minimum absolute atomic E-state index is 0.0474. The van der Waals surface area contributed by atoms with Crippen LogP contribution in [0.2, 0.25) is 10.0 Å². The summed E-state index contributed by atoms with van der Waals surface area (Å²) in [5.41, 5.74) is 1.45. The summed E-state index contributed by atoms with van der Waals surface area (Å²) < 4.78 is 40.2. The summed E-state index contributed by atoms with van der Waals surface area (Å²) in [7, 11) is -3.98. The van der Waals surface area contributed by atoms with Gasteiger partial charge in [0, 0.05) is 24.0 Å². The number of amides is 2. The van der Waals surface area contributed by atoms with E-state index in [0.29, 0.717) is 17.0 Å². The molecule has 214 valence electrons. The molecule has 0 heterocycles. The highest BCUT2D eigenvalue weighted by molar-refractivity contribution is 7.92. The summed E-state index contributed by atoms with van der Waals surface area (Å²) >= 11 is 12.3. The fraction of sp³-hybridized carbons (Fsp3) is 0.310. The number of benzene rings is 3. The standard InChI is InChI=1S/C29H32Cl2FN3O4S/c1-4-20(2)33-29(37)27(16-21-8-6-5-7-9-21)34(18-22-10-13-24(32)14-11-22)28(36)19-35(40(3,38)39)26-15-12-23(30)17-25(26)31/h5-15,17,20,27H,4,16,18-19H2,1-3H3,(H,33,37)/t20-,27-/m1/s1. The second kappa shape index (κ2) is 14.0. The van der Waals surface area contributed by atoms with Crippen LogP contribution in [0.3, 0.4) is 0 Å². The highest BCUT2D eigenvalue weighted by Gasteiger charge is 2.33. The molecular weight excluding hydrogens is 576 g/mol. The molecule has 0 fully saturated rings. The molecule has 3 aromatic rings. The Morgan fingerprint density at radius 2 is 1.62 bits per heavy atom. The molecular formula is C29H32Cl2FN3O4S. The summed E-state index contributed by atoms with van der Waals surface area (Å²) in [5.74, 6) is -1.47. The summed E-state index contributed by atoms with van der Waals surface area (Å²) in [6.07, 6.45) is 1.82. The van der Waals surface area contributed by atoms with Crippen LogP contribution in [0.5, 0.6) is 0 Å². The number of hydrogen-bond acceptors (Lipinski definition) is 4. The molecule has 0 aliphatic carbocycles. The van der Waals surface area contributed by atoms with Gasteiger partial charge in [0.25, 0.3) is 0 Å². The van der Waals surface area contributed by atoms with Gasteiger partial charge < -0.3 is 10.2 Å². The summed E-state index contributed by atoms with van der Waals surface area (Å²) in [6, 6.07) is 17.9. The van der Waals surface area contributed by atoms with E-state index >= 15 is 0 Å². The molecule has 11 heteroatoms. The van der Waals surface area contributed by atoms with Crippen LogP contribution in [-0.2, 0) is 32.6 Å². The molecule has 0 bridgehead atoms. The van der Waals surface area contributed by atoms with Gasteiger partial charge in [0.1, 0.15) is 18.4 Å². The average Bonchev–Trinajstić information content (AvgIpc) is 2.90. The Morgan fingerprint density at radius 3 is 2.20 bits per heavy atom. The summed E-state index contributed by atoms with van der Waals surface area (Å²) in [5, 5.41) is 3.30. The number of carbonyl (C=O) groups is 2. The van der Waals surface area contributed by atoms with Crippen LogP contribution in [0, 0.1) is 5.82 Å².